The predicted molar refractivity (Wildman–Crippen MR) is 55.7 cm³/mol. The minimum atomic E-state index is -0.325. The van der Waals surface area contributed by atoms with E-state index < -0.39 is 0 Å². The molecule has 0 aromatic heterocycles. The summed E-state index contributed by atoms with van der Waals surface area (Å²) in [6.07, 6.45) is 6.28. The van der Waals surface area contributed by atoms with Gasteiger partial charge in [0.2, 0.25) is 5.91 Å². The van der Waals surface area contributed by atoms with E-state index in [4.69, 9.17) is 5.73 Å². The zero-order valence-electron chi connectivity index (χ0n) is 8.91. The molecule has 2 aliphatic rings. The van der Waals surface area contributed by atoms with Crippen molar-refractivity contribution in [1.29, 1.82) is 0 Å². The molecule has 2 unspecified atom stereocenters. The lowest BCUT2D eigenvalue weighted by atomic mass is 9.91. The number of carbonyl (C=O) groups excluding carboxylic acids is 1. The van der Waals surface area contributed by atoms with E-state index in [-0.39, 0.29) is 11.9 Å². The molecule has 2 fully saturated rings. The minimum Gasteiger partial charge on any atom is -0.338 e. The number of nitrogens with zero attached hydrogens (tertiary/aromatic N) is 1. The predicted octanol–water partition coefficient (Wildman–Crippen LogP) is 1.12. The van der Waals surface area contributed by atoms with Crippen LogP contribution in [0.5, 0.6) is 0 Å². The van der Waals surface area contributed by atoms with Crippen LogP contribution in [0.25, 0.3) is 0 Å². The maximum atomic E-state index is 11.8. The SMILES string of the molecule is C[C@@H](N)C(=O)N1CCCC2CCCC21. The number of likely N-dealkylation sites (tertiary alicyclic amines) is 1. The second-order valence-corrected chi connectivity index (χ2v) is 4.72. The lowest BCUT2D eigenvalue weighted by Crippen LogP contribution is -2.51. The lowest BCUT2D eigenvalue weighted by Gasteiger charge is -2.38. The number of hydrogen-bond acceptors (Lipinski definition) is 2. The maximum Gasteiger partial charge on any atom is 0.239 e. The summed E-state index contributed by atoms with van der Waals surface area (Å²) in [6.45, 7) is 2.72. The molecule has 0 aromatic rings. The van der Waals surface area contributed by atoms with Crippen molar-refractivity contribution in [3.8, 4) is 0 Å². The van der Waals surface area contributed by atoms with Crippen LogP contribution >= 0.6 is 0 Å². The number of rotatable bonds is 1. The first kappa shape index (κ1) is 9.97. The molecular formula is C11H20N2O. The van der Waals surface area contributed by atoms with Gasteiger partial charge in [-0.3, -0.25) is 4.79 Å². The van der Waals surface area contributed by atoms with E-state index in [0.29, 0.717) is 6.04 Å². The van der Waals surface area contributed by atoms with Crippen LogP contribution in [-0.2, 0) is 4.79 Å². The van der Waals surface area contributed by atoms with Crippen LogP contribution < -0.4 is 5.73 Å². The van der Waals surface area contributed by atoms with E-state index in [0.717, 1.165) is 12.5 Å². The summed E-state index contributed by atoms with van der Waals surface area (Å²) in [5, 5.41) is 0. The van der Waals surface area contributed by atoms with Gasteiger partial charge in [0.25, 0.3) is 0 Å². The first-order chi connectivity index (χ1) is 6.70. The fraction of sp³-hybridized carbons (Fsp3) is 0.909. The van der Waals surface area contributed by atoms with E-state index in [1.807, 2.05) is 4.90 Å². The van der Waals surface area contributed by atoms with E-state index in [1.54, 1.807) is 6.92 Å². The Morgan fingerprint density at radius 2 is 2.07 bits per heavy atom. The van der Waals surface area contributed by atoms with Crippen molar-refractivity contribution in [3.05, 3.63) is 0 Å². The highest BCUT2D eigenvalue weighted by molar-refractivity contribution is 5.81. The van der Waals surface area contributed by atoms with Gasteiger partial charge in [-0.25, -0.2) is 0 Å². The zero-order chi connectivity index (χ0) is 10.1. The number of fused-ring (bicyclic) bond motifs is 1. The maximum absolute atomic E-state index is 11.8. The van der Waals surface area contributed by atoms with Crippen LogP contribution in [0.2, 0.25) is 0 Å². The third-order valence-electron chi connectivity index (χ3n) is 3.67. The monoisotopic (exact) mass is 196 g/mol. The van der Waals surface area contributed by atoms with Gasteiger partial charge in [0.1, 0.15) is 0 Å². The molecule has 1 saturated heterocycles. The summed E-state index contributed by atoms with van der Waals surface area (Å²) in [4.78, 5) is 13.9. The molecule has 0 radical (unpaired) electrons. The molecule has 3 nitrogen and oxygen atoms in total. The normalized spacial score (nSPS) is 34.0. The fourth-order valence-corrected chi connectivity index (χ4v) is 2.99. The molecule has 3 heteroatoms. The van der Waals surface area contributed by atoms with Crippen molar-refractivity contribution in [2.75, 3.05) is 6.54 Å². The second-order valence-electron chi connectivity index (χ2n) is 4.72. The van der Waals surface area contributed by atoms with Crippen molar-refractivity contribution < 1.29 is 4.79 Å². The highest BCUT2D eigenvalue weighted by atomic mass is 16.2. The Kier molecular flexibility index (Phi) is 2.77. The van der Waals surface area contributed by atoms with Crippen molar-refractivity contribution >= 4 is 5.91 Å². The Labute approximate surface area is 85.6 Å². The Morgan fingerprint density at radius 3 is 2.79 bits per heavy atom. The van der Waals surface area contributed by atoms with E-state index >= 15 is 0 Å². The molecule has 1 aliphatic carbocycles. The molecule has 14 heavy (non-hydrogen) atoms. The Hall–Kier alpha value is -0.570. The minimum absolute atomic E-state index is 0.154. The van der Waals surface area contributed by atoms with Gasteiger partial charge >= 0.3 is 0 Å². The molecule has 1 heterocycles. The molecular weight excluding hydrogens is 176 g/mol. The standard InChI is InChI=1S/C11H20N2O/c1-8(12)11(14)13-7-3-5-9-4-2-6-10(9)13/h8-10H,2-7,12H2,1H3/t8-,9?,10?/m1/s1. The smallest absolute Gasteiger partial charge is 0.239 e. The van der Waals surface area contributed by atoms with Crippen LogP contribution in [0, 0.1) is 5.92 Å². The average Bonchev–Trinajstić information content (AvgIpc) is 2.63. The van der Waals surface area contributed by atoms with Crippen LogP contribution in [0.1, 0.15) is 39.0 Å². The topological polar surface area (TPSA) is 46.3 Å². The van der Waals surface area contributed by atoms with E-state index in [1.165, 1.54) is 32.1 Å². The molecule has 1 aliphatic heterocycles. The van der Waals surface area contributed by atoms with Crippen LogP contribution in [0.4, 0.5) is 0 Å². The fourth-order valence-electron chi connectivity index (χ4n) is 2.99. The number of nitrogens with two attached hydrogens (primary N) is 1. The van der Waals surface area contributed by atoms with Crippen molar-refractivity contribution in [2.45, 2.75) is 51.1 Å². The molecule has 80 valence electrons. The van der Waals surface area contributed by atoms with Crippen LogP contribution in [0.15, 0.2) is 0 Å². The van der Waals surface area contributed by atoms with Gasteiger partial charge in [-0.15, -0.1) is 0 Å². The Balaban J connectivity index is 2.06. The van der Waals surface area contributed by atoms with Gasteiger partial charge in [-0.2, -0.15) is 0 Å². The summed E-state index contributed by atoms with van der Waals surface area (Å²) in [5.74, 6) is 0.924. The van der Waals surface area contributed by atoms with Crippen LogP contribution in [-0.4, -0.2) is 29.4 Å². The first-order valence-electron chi connectivity index (χ1n) is 5.76. The van der Waals surface area contributed by atoms with Gasteiger partial charge in [0.15, 0.2) is 0 Å². The van der Waals surface area contributed by atoms with E-state index in [9.17, 15) is 4.79 Å². The van der Waals surface area contributed by atoms with Crippen molar-refractivity contribution in [2.24, 2.45) is 11.7 Å². The summed E-state index contributed by atoms with van der Waals surface area (Å²) >= 11 is 0. The lowest BCUT2D eigenvalue weighted by molar-refractivity contribution is -0.136. The molecule has 0 bridgehead atoms. The second kappa shape index (κ2) is 3.89. The largest absolute Gasteiger partial charge is 0.338 e. The van der Waals surface area contributed by atoms with E-state index in [2.05, 4.69) is 0 Å². The average molecular weight is 196 g/mol. The first-order valence-corrected chi connectivity index (χ1v) is 5.76. The molecule has 2 rings (SSSR count). The molecule has 3 atom stereocenters. The quantitative estimate of drug-likeness (QED) is 0.683. The van der Waals surface area contributed by atoms with Gasteiger partial charge in [0.05, 0.1) is 6.04 Å². The Morgan fingerprint density at radius 1 is 1.36 bits per heavy atom. The summed E-state index contributed by atoms with van der Waals surface area (Å²) in [6, 6.07) is 0.191. The number of piperidine rings is 1. The third kappa shape index (κ3) is 1.65. The third-order valence-corrected chi connectivity index (χ3v) is 3.67. The van der Waals surface area contributed by atoms with Crippen LogP contribution in [0.3, 0.4) is 0 Å². The molecule has 0 spiro atoms. The number of amides is 1. The van der Waals surface area contributed by atoms with Gasteiger partial charge < -0.3 is 10.6 Å². The zero-order valence-corrected chi connectivity index (χ0v) is 8.91. The summed E-state index contributed by atoms with van der Waals surface area (Å²) < 4.78 is 0. The summed E-state index contributed by atoms with van der Waals surface area (Å²) in [5.41, 5.74) is 5.66. The Bertz CT molecular complexity index is 227. The molecule has 0 aromatic carbocycles. The van der Waals surface area contributed by atoms with Gasteiger partial charge in [-0.05, 0) is 38.5 Å². The highest BCUT2D eigenvalue weighted by Crippen LogP contribution is 2.36. The highest BCUT2D eigenvalue weighted by Gasteiger charge is 2.37. The molecule has 1 saturated carbocycles. The van der Waals surface area contributed by atoms with Gasteiger partial charge in [0, 0.05) is 12.6 Å². The number of hydrogen-bond donors (Lipinski definition) is 1. The molecule has 1 amide bonds. The van der Waals surface area contributed by atoms with Crippen molar-refractivity contribution in [1.82, 2.24) is 4.90 Å². The molecule has 2 N–H and O–H groups in total. The van der Waals surface area contributed by atoms with Gasteiger partial charge in [-0.1, -0.05) is 6.42 Å². The van der Waals surface area contributed by atoms with Crippen molar-refractivity contribution in [3.63, 3.8) is 0 Å². The summed E-state index contributed by atoms with van der Waals surface area (Å²) in [7, 11) is 0. The number of carbonyl (C=O) groups is 1.